The predicted molar refractivity (Wildman–Crippen MR) is 69.9 cm³/mol. The molecule has 0 atom stereocenters. The number of nitrogens with two attached hydrogens (primary N) is 1. The first-order valence-corrected chi connectivity index (χ1v) is 6.45. The smallest absolute Gasteiger partial charge is 0.140 e. The molecule has 1 aliphatic carbocycles. The molecule has 0 aliphatic heterocycles. The van der Waals surface area contributed by atoms with Crippen LogP contribution < -0.4 is 5.73 Å². The lowest BCUT2D eigenvalue weighted by atomic mass is 10.2. The van der Waals surface area contributed by atoms with Gasteiger partial charge in [-0.1, -0.05) is 12.8 Å². The number of rotatable bonds is 2. The van der Waals surface area contributed by atoms with Crippen LogP contribution in [0.25, 0.3) is 11.0 Å². The van der Waals surface area contributed by atoms with E-state index in [-0.39, 0.29) is 0 Å². The molecule has 2 heterocycles. The van der Waals surface area contributed by atoms with Gasteiger partial charge in [0.15, 0.2) is 0 Å². The quantitative estimate of drug-likeness (QED) is 0.860. The standard InChI is InChI=1S/C14H19N3/c1-10-6-13-11(7-15)9-17(14(13)16-8-10)12-4-2-3-5-12/h6,8-9,12H,2-5,7,15H2,1H3. The third-order valence-electron chi connectivity index (χ3n) is 3.83. The van der Waals surface area contributed by atoms with E-state index in [0.717, 1.165) is 5.65 Å². The number of fused-ring (bicyclic) bond motifs is 1. The van der Waals surface area contributed by atoms with Gasteiger partial charge in [-0.3, -0.25) is 0 Å². The molecular formula is C14H19N3. The predicted octanol–water partition coefficient (Wildman–Crippen LogP) is 2.92. The van der Waals surface area contributed by atoms with Gasteiger partial charge in [-0.25, -0.2) is 4.98 Å². The Bertz CT molecular complexity index is 536. The summed E-state index contributed by atoms with van der Waals surface area (Å²) in [5.41, 5.74) is 9.38. The van der Waals surface area contributed by atoms with E-state index in [1.165, 1.54) is 42.2 Å². The molecule has 3 nitrogen and oxygen atoms in total. The van der Waals surface area contributed by atoms with E-state index in [1.54, 1.807) is 0 Å². The Labute approximate surface area is 102 Å². The zero-order chi connectivity index (χ0) is 11.8. The van der Waals surface area contributed by atoms with Crippen molar-refractivity contribution in [3.05, 3.63) is 29.6 Å². The van der Waals surface area contributed by atoms with E-state index in [4.69, 9.17) is 5.73 Å². The van der Waals surface area contributed by atoms with E-state index in [0.29, 0.717) is 12.6 Å². The number of hydrogen-bond donors (Lipinski definition) is 1. The summed E-state index contributed by atoms with van der Waals surface area (Å²) in [4.78, 5) is 4.60. The summed E-state index contributed by atoms with van der Waals surface area (Å²) in [7, 11) is 0. The molecule has 1 aliphatic rings. The van der Waals surface area contributed by atoms with E-state index >= 15 is 0 Å². The number of aryl methyl sites for hydroxylation is 1. The molecule has 1 fully saturated rings. The van der Waals surface area contributed by atoms with Crippen molar-refractivity contribution in [2.45, 2.75) is 45.2 Å². The van der Waals surface area contributed by atoms with Crippen LogP contribution in [-0.4, -0.2) is 9.55 Å². The van der Waals surface area contributed by atoms with Crippen molar-refractivity contribution in [1.82, 2.24) is 9.55 Å². The summed E-state index contributed by atoms with van der Waals surface area (Å²) < 4.78 is 2.35. The summed E-state index contributed by atoms with van der Waals surface area (Å²) >= 11 is 0. The van der Waals surface area contributed by atoms with Gasteiger partial charge < -0.3 is 10.3 Å². The molecule has 0 bridgehead atoms. The number of hydrogen-bond acceptors (Lipinski definition) is 2. The minimum atomic E-state index is 0.599. The molecule has 0 saturated heterocycles. The third-order valence-corrected chi connectivity index (χ3v) is 3.83. The molecule has 2 aromatic rings. The first-order valence-electron chi connectivity index (χ1n) is 6.45. The van der Waals surface area contributed by atoms with Crippen LogP contribution in [0.2, 0.25) is 0 Å². The van der Waals surface area contributed by atoms with E-state index in [2.05, 4.69) is 28.7 Å². The lowest BCUT2D eigenvalue weighted by Gasteiger charge is -2.12. The normalized spacial score (nSPS) is 17.1. The molecule has 0 spiro atoms. The lowest BCUT2D eigenvalue weighted by Crippen LogP contribution is -2.03. The monoisotopic (exact) mass is 229 g/mol. The van der Waals surface area contributed by atoms with E-state index in [1.807, 2.05) is 6.20 Å². The van der Waals surface area contributed by atoms with Crippen molar-refractivity contribution in [1.29, 1.82) is 0 Å². The SMILES string of the molecule is Cc1cnc2c(c1)c(CN)cn2C1CCCC1. The van der Waals surface area contributed by atoms with Gasteiger partial charge in [0.2, 0.25) is 0 Å². The fourth-order valence-corrected chi connectivity index (χ4v) is 2.93. The van der Waals surface area contributed by atoms with Crippen LogP contribution >= 0.6 is 0 Å². The van der Waals surface area contributed by atoms with Crippen LogP contribution in [-0.2, 0) is 6.54 Å². The van der Waals surface area contributed by atoms with Gasteiger partial charge >= 0.3 is 0 Å². The van der Waals surface area contributed by atoms with Gasteiger partial charge in [0.1, 0.15) is 5.65 Å². The Morgan fingerprint density at radius 3 is 2.88 bits per heavy atom. The van der Waals surface area contributed by atoms with Crippen LogP contribution in [0.5, 0.6) is 0 Å². The molecule has 2 aromatic heterocycles. The second-order valence-corrected chi connectivity index (χ2v) is 5.09. The van der Waals surface area contributed by atoms with Gasteiger partial charge in [-0.15, -0.1) is 0 Å². The minimum absolute atomic E-state index is 0.599. The van der Waals surface area contributed by atoms with Crippen molar-refractivity contribution in [3.8, 4) is 0 Å². The number of aromatic nitrogens is 2. The van der Waals surface area contributed by atoms with Gasteiger partial charge in [0, 0.05) is 30.4 Å². The molecular weight excluding hydrogens is 210 g/mol. The molecule has 17 heavy (non-hydrogen) atoms. The van der Waals surface area contributed by atoms with Crippen LogP contribution in [0, 0.1) is 6.92 Å². The van der Waals surface area contributed by atoms with Crippen molar-refractivity contribution < 1.29 is 0 Å². The highest BCUT2D eigenvalue weighted by Gasteiger charge is 2.20. The van der Waals surface area contributed by atoms with E-state index < -0.39 is 0 Å². The van der Waals surface area contributed by atoms with E-state index in [9.17, 15) is 0 Å². The molecule has 3 rings (SSSR count). The topological polar surface area (TPSA) is 43.8 Å². The van der Waals surface area contributed by atoms with Crippen LogP contribution in [0.1, 0.15) is 42.9 Å². The summed E-state index contributed by atoms with van der Waals surface area (Å²) in [6.45, 7) is 2.68. The number of pyridine rings is 1. The highest BCUT2D eigenvalue weighted by atomic mass is 15.1. The number of nitrogens with zero attached hydrogens (tertiary/aromatic N) is 2. The second-order valence-electron chi connectivity index (χ2n) is 5.09. The maximum absolute atomic E-state index is 5.84. The molecule has 0 radical (unpaired) electrons. The minimum Gasteiger partial charge on any atom is -0.329 e. The highest BCUT2D eigenvalue weighted by molar-refractivity contribution is 5.81. The van der Waals surface area contributed by atoms with Gasteiger partial charge in [-0.05, 0) is 37.0 Å². The van der Waals surface area contributed by atoms with Crippen LogP contribution in [0.15, 0.2) is 18.5 Å². The molecule has 0 unspecified atom stereocenters. The molecule has 0 amide bonds. The van der Waals surface area contributed by atoms with Crippen molar-refractivity contribution in [2.24, 2.45) is 5.73 Å². The Morgan fingerprint density at radius 1 is 1.41 bits per heavy atom. The summed E-state index contributed by atoms with van der Waals surface area (Å²) in [6, 6.07) is 2.84. The zero-order valence-electron chi connectivity index (χ0n) is 10.3. The first-order chi connectivity index (χ1) is 8.29. The fourth-order valence-electron chi connectivity index (χ4n) is 2.93. The van der Waals surface area contributed by atoms with Crippen LogP contribution in [0.3, 0.4) is 0 Å². The first kappa shape index (κ1) is 10.8. The molecule has 0 aromatic carbocycles. The molecule has 3 heteroatoms. The largest absolute Gasteiger partial charge is 0.329 e. The van der Waals surface area contributed by atoms with Gasteiger partial charge in [-0.2, -0.15) is 0 Å². The summed E-state index contributed by atoms with van der Waals surface area (Å²) in [5, 5.41) is 1.24. The second kappa shape index (κ2) is 4.15. The van der Waals surface area contributed by atoms with Gasteiger partial charge in [0.05, 0.1) is 0 Å². The average molecular weight is 229 g/mol. The summed E-state index contributed by atoms with van der Waals surface area (Å²) in [6.07, 6.45) is 9.41. The van der Waals surface area contributed by atoms with Gasteiger partial charge in [0.25, 0.3) is 0 Å². The Hall–Kier alpha value is -1.35. The summed E-state index contributed by atoms with van der Waals surface area (Å²) in [5.74, 6) is 0. The van der Waals surface area contributed by atoms with Crippen LogP contribution in [0.4, 0.5) is 0 Å². The Morgan fingerprint density at radius 2 is 2.18 bits per heavy atom. The maximum atomic E-state index is 5.84. The average Bonchev–Trinajstić information content (AvgIpc) is 2.94. The fraction of sp³-hybridized carbons (Fsp3) is 0.500. The molecule has 2 N–H and O–H groups in total. The highest BCUT2D eigenvalue weighted by Crippen LogP contribution is 2.33. The molecule has 1 saturated carbocycles. The Kier molecular flexibility index (Phi) is 2.63. The molecule has 90 valence electrons. The maximum Gasteiger partial charge on any atom is 0.140 e. The van der Waals surface area contributed by atoms with Crippen molar-refractivity contribution >= 4 is 11.0 Å². The Balaban J connectivity index is 2.17. The lowest BCUT2D eigenvalue weighted by molar-refractivity contribution is 0.531. The third kappa shape index (κ3) is 1.75. The van der Waals surface area contributed by atoms with Crippen molar-refractivity contribution in [2.75, 3.05) is 0 Å². The van der Waals surface area contributed by atoms with Crippen molar-refractivity contribution in [3.63, 3.8) is 0 Å². The zero-order valence-corrected chi connectivity index (χ0v) is 10.3.